The Balaban J connectivity index is 1.44. The third kappa shape index (κ3) is 3.92. The number of hydrogen-bond acceptors (Lipinski definition) is 5. The van der Waals surface area contributed by atoms with Gasteiger partial charge in [0.1, 0.15) is 5.69 Å². The Morgan fingerprint density at radius 3 is 2.79 bits per heavy atom. The largest absolute Gasteiger partial charge is 0.354 e. The topological polar surface area (TPSA) is 58.1 Å². The Hall–Kier alpha value is -2.73. The average molecular weight is 393 g/mol. The van der Waals surface area contributed by atoms with Gasteiger partial charge in [0, 0.05) is 18.8 Å². The summed E-state index contributed by atoms with van der Waals surface area (Å²) in [6.45, 7) is 5.68. The molecule has 1 fully saturated rings. The lowest BCUT2D eigenvalue weighted by Gasteiger charge is -2.32. The van der Waals surface area contributed by atoms with Crippen molar-refractivity contribution in [3.8, 4) is 10.6 Å². The number of benzene rings is 1. The summed E-state index contributed by atoms with van der Waals surface area (Å²) in [5.41, 5.74) is 4.10. The minimum absolute atomic E-state index is 0.0487. The Kier molecular flexibility index (Phi) is 5.39. The molecule has 144 valence electrons. The minimum Gasteiger partial charge on any atom is -0.354 e. The molecular weight excluding hydrogens is 368 g/mol. The third-order valence-corrected chi connectivity index (χ3v) is 6.30. The highest BCUT2D eigenvalue weighted by Crippen LogP contribution is 2.26. The Labute approximate surface area is 169 Å². The van der Waals surface area contributed by atoms with Crippen LogP contribution in [0.1, 0.15) is 24.0 Å². The maximum atomic E-state index is 12.8. The van der Waals surface area contributed by atoms with Crippen molar-refractivity contribution >= 4 is 28.7 Å². The Morgan fingerprint density at radius 2 is 2.04 bits per heavy atom. The molecule has 1 saturated heterocycles. The van der Waals surface area contributed by atoms with E-state index < -0.39 is 0 Å². The van der Waals surface area contributed by atoms with E-state index in [1.165, 1.54) is 5.56 Å². The fraction of sp³-hybridized carbons (Fsp3) is 0.318. The quantitative estimate of drug-likeness (QED) is 0.701. The van der Waals surface area contributed by atoms with E-state index in [9.17, 15) is 4.79 Å². The summed E-state index contributed by atoms with van der Waals surface area (Å²) in [5, 5.41) is 13.9. The number of carbonyl (C=O) groups excluding carboxylic acids is 1. The molecular formula is C22H24N4OS. The smallest absolute Gasteiger partial charge is 0.229 e. The van der Waals surface area contributed by atoms with Gasteiger partial charge in [-0.1, -0.05) is 18.2 Å². The zero-order chi connectivity index (χ0) is 19.5. The van der Waals surface area contributed by atoms with Crippen LogP contribution < -0.4 is 10.2 Å². The van der Waals surface area contributed by atoms with Gasteiger partial charge >= 0.3 is 0 Å². The van der Waals surface area contributed by atoms with Gasteiger partial charge in [0.25, 0.3) is 0 Å². The number of piperidine rings is 1. The number of thiophene rings is 1. The maximum Gasteiger partial charge on any atom is 0.229 e. The molecule has 1 aliphatic heterocycles. The van der Waals surface area contributed by atoms with Crippen molar-refractivity contribution in [2.45, 2.75) is 26.7 Å². The number of nitrogens with zero attached hydrogens (tertiary/aromatic N) is 3. The molecule has 1 amide bonds. The number of aryl methyl sites for hydroxylation is 1. The van der Waals surface area contributed by atoms with Gasteiger partial charge in [0.15, 0.2) is 5.82 Å². The van der Waals surface area contributed by atoms with E-state index in [4.69, 9.17) is 0 Å². The normalized spacial score (nSPS) is 16.8. The van der Waals surface area contributed by atoms with Crippen molar-refractivity contribution < 1.29 is 4.79 Å². The molecule has 0 saturated carbocycles. The van der Waals surface area contributed by atoms with Crippen LogP contribution in [0, 0.1) is 19.8 Å². The lowest BCUT2D eigenvalue weighted by molar-refractivity contribution is -0.120. The number of carbonyl (C=O) groups is 1. The molecule has 6 heteroatoms. The first-order valence-corrected chi connectivity index (χ1v) is 10.5. The highest BCUT2D eigenvalue weighted by Gasteiger charge is 2.27. The van der Waals surface area contributed by atoms with Crippen molar-refractivity contribution in [2.75, 3.05) is 23.3 Å². The van der Waals surface area contributed by atoms with E-state index in [-0.39, 0.29) is 11.8 Å². The van der Waals surface area contributed by atoms with Crippen LogP contribution in [0.5, 0.6) is 0 Å². The van der Waals surface area contributed by atoms with Crippen LogP contribution in [0.25, 0.3) is 10.6 Å². The van der Waals surface area contributed by atoms with Crippen LogP contribution in [-0.4, -0.2) is 29.2 Å². The number of nitrogens with one attached hydrogen (secondary N) is 1. The van der Waals surface area contributed by atoms with Gasteiger partial charge in [-0.25, -0.2) is 0 Å². The van der Waals surface area contributed by atoms with Gasteiger partial charge in [-0.15, -0.1) is 21.5 Å². The summed E-state index contributed by atoms with van der Waals surface area (Å²) in [7, 11) is 0. The lowest BCUT2D eigenvalue weighted by atomic mass is 9.96. The second-order valence-corrected chi connectivity index (χ2v) is 8.22. The highest BCUT2D eigenvalue weighted by atomic mass is 32.1. The van der Waals surface area contributed by atoms with Crippen LogP contribution in [0.3, 0.4) is 0 Å². The SMILES string of the molecule is Cc1cccc(NC(=O)C2CCCN(c3ccc(-c4cccs4)nn3)C2)c1C. The van der Waals surface area contributed by atoms with Gasteiger partial charge in [0.2, 0.25) is 5.91 Å². The number of amides is 1. The van der Waals surface area contributed by atoms with E-state index in [0.29, 0.717) is 6.54 Å². The molecule has 0 bridgehead atoms. The van der Waals surface area contributed by atoms with E-state index in [2.05, 4.69) is 33.4 Å². The highest BCUT2D eigenvalue weighted by molar-refractivity contribution is 7.13. The number of aromatic nitrogens is 2. The fourth-order valence-corrected chi connectivity index (χ4v) is 4.26. The van der Waals surface area contributed by atoms with E-state index in [0.717, 1.165) is 47.0 Å². The molecule has 1 N–H and O–H groups in total. The monoisotopic (exact) mass is 392 g/mol. The van der Waals surface area contributed by atoms with Crippen LogP contribution in [0.2, 0.25) is 0 Å². The van der Waals surface area contributed by atoms with Crippen LogP contribution in [0.15, 0.2) is 47.8 Å². The van der Waals surface area contributed by atoms with Crippen LogP contribution in [-0.2, 0) is 4.79 Å². The molecule has 1 aromatic carbocycles. The van der Waals surface area contributed by atoms with Gasteiger partial charge < -0.3 is 10.2 Å². The zero-order valence-corrected chi connectivity index (χ0v) is 17.0. The van der Waals surface area contributed by atoms with Crippen molar-refractivity contribution in [1.29, 1.82) is 0 Å². The summed E-state index contributed by atoms with van der Waals surface area (Å²) < 4.78 is 0. The summed E-state index contributed by atoms with van der Waals surface area (Å²) in [4.78, 5) is 16.1. The van der Waals surface area contributed by atoms with Crippen molar-refractivity contribution in [2.24, 2.45) is 5.92 Å². The second-order valence-electron chi connectivity index (χ2n) is 7.28. The number of hydrogen-bond donors (Lipinski definition) is 1. The third-order valence-electron chi connectivity index (χ3n) is 5.40. The molecule has 3 heterocycles. The first-order chi connectivity index (χ1) is 13.6. The maximum absolute atomic E-state index is 12.8. The Morgan fingerprint density at radius 1 is 1.14 bits per heavy atom. The van der Waals surface area contributed by atoms with Crippen LogP contribution >= 0.6 is 11.3 Å². The first kappa shape index (κ1) is 18.6. The summed E-state index contributed by atoms with van der Waals surface area (Å²) >= 11 is 1.66. The number of rotatable bonds is 4. The van der Waals surface area contributed by atoms with E-state index in [1.807, 2.05) is 48.7 Å². The molecule has 28 heavy (non-hydrogen) atoms. The molecule has 1 unspecified atom stereocenters. The van der Waals surface area contributed by atoms with Gasteiger partial charge in [-0.05, 0) is 67.5 Å². The summed E-state index contributed by atoms with van der Waals surface area (Å²) in [5.74, 6) is 0.874. The van der Waals surface area contributed by atoms with Gasteiger partial charge in [-0.3, -0.25) is 4.79 Å². The van der Waals surface area contributed by atoms with Gasteiger partial charge in [-0.2, -0.15) is 0 Å². The van der Waals surface area contributed by atoms with Crippen molar-refractivity contribution in [1.82, 2.24) is 10.2 Å². The molecule has 1 atom stereocenters. The summed E-state index contributed by atoms with van der Waals surface area (Å²) in [6, 6.07) is 14.1. The predicted molar refractivity (Wildman–Crippen MR) is 115 cm³/mol. The predicted octanol–water partition coefficient (Wildman–Crippen LogP) is 4.68. The summed E-state index contributed by atoms with van der Waals surface area (Å²) in [6.07, 6.45) is 1.87. The second kappa shape index (κ2) is 8.10. The molecule has 2 aromatic heterocycles. The standard InChI is InChI=1S/C22H24N4OS/c1-15-6-3-8-18(16(15)2)23-22(27)17-7-4-12-26(14-17)21-11-10-19(24-25-21)20-9-5-13-28-20/h3,5-6,8-11,13,17H,4,7,12,14H2,1-2H3,(H,23,27). The van der Waals surface area contributed by atoms with Gasteiger partial charge in [0.05, 0.1) is 10.8 Å². The molecule has 4 rings (SSSR count). The number of anilines is 2. The molecule has 3 aromatic rings. The lowest BCUT2D eigenvalue weighted by Crippen LogP contribution is -2.41. The van der Waals surface area contributed by atoms with E-state index in [1.54, 1.807) is 11.3 Å². The minimum atomic E-state index is -0.0487. The molecule has 1 aliphatic rings. The fourth-order valence-electron chi connectivity index (χ4n) is 3.57. The van der Waals surface area contributed by atoms with Crippen molar-refractivity contribution in [3.63, 3.8) is 0 Å². The zero-order valence-electron chi connectivity index (χ0n) is 16.2. The van der Waals surface area contributed by atoms with Crippen LogP contribution in [0.4, 0.5) is 11.5 Å². The first-order valence-electron chi connectivity index (χ1n) is 9.61. The van der Waals surface area contributed by atoms with E-state index >= 15 is 0 Å². The molecule has 5 nitrogen and oxygen atoms in total. The molecule has 0 aliphatic carbocycles. The average Bonchev–Trinajstić information content (AvgIpc) is 3.26. The molecule has 0 radical (unpaired) electrons. The molecule has 0 spiro atoms. The van der Waals surface area contributed by atoms with Crippen molar-refractivity contribution in [3.05, 3.63) is 59.0 Å². The Bertz CT molecular complexity index is 953.